The molecule has 0 aliphatic heterocycles. The molecule has 0 unspecified atom stereocenters. The van der Waals surface area contributed by atoms with Crippen LogP contribution in [0.25, 0.3) is 11.1 Å². The molecule has 2 aromatic heterocycles. The lowest BCUT2D eigenvalue weighted by molar-refractivity contribution is -0.131. The van der Waals surface area contributed by atoms with Crippen molar-refractivity contribution in [2.75, 3.05) is 6.26 Å². The molecule has 0 saturated heterocycles. The zero-order valence-corrected chi connectivity index (χ0v) is 19.3. The first kappa shape index (κ1) is 24.1. The molecule has 2 heterocycles. The van der Waals surface area contributed by atoms with Gasteiger partial charge in [0.1, 0.15) is 11.5 Å². The van der Waals surface area contributed by atoms with Crippen LogP contribution >= 0.6 is 0 Å². The van der Waals surface area contributed by atoms with Crippen molar-refractivity contribution in [3.63, 3.8) is 0 Å². The molecule has 0 aliphatic carbocycles. The smallest absolute Gasteiger partial charge is 0.264 e. The normalized spacial score (nSPS) is 13.2. The van der Waals surface area contributed by atoms with Crippen LogP contribution in [0.5, 0.6) is 11.5 Å². The molecule has 33 heavy (non-hydrogen) atoms. The Bertz CT molecular complexity index is 1320. The number of hydrogen-bond acceptors (Lipinski definition) is 7. The summed E-state index contributed by atoms with van der Waals surface area (Å²) in [6, 6.07) is 14.0. The Morgan fingerprint density at radius 3 is 2.39 bits per heavy atom. The van der Waals surface area contributed by atoms with E-state index in [4.69, 9.17) is 9.94 Å². The summed E-state index contributed by atoms with van der Waals surface area (Å²) in [5, 5.41) is 8.92. The van der Waals surface area contributed by atoms with Crippen molar-refractivity contribution in [2.24, 2.45) is 0 Å². The summed E-state index contributed by atoms with van der Waals surface area (Å²) in [5.41, 5.74) is 3.38. The Kier molecular flexibility index (Phi) is 6.99. The topological polar surface area (TPSA) is 128 Å². The number of rotatable bonds is 8. The summed E-state index contributed by atoms with van der Waals surface area (Å²) in [4.78, 5) is 28.7. The average molecular weight is 472 g/mol. The van der Waals surface area contributed by atoms with E-state index in [1.165, 1.54) is 23.0 Å². The zero-order chi connectivity index (χ0) is 24.2. The molecule has 1 aromatic carbocycles. The molecule has 0 radical (unpaired) electrons. The molecule has 0 saturated carbocycles. The third-order valence-electron chi connectivity index (χ3n) is 5.52. The summed E-state index contributed by atoms with van der Waals surface area (Å²) >= 11 is 0. The van der Waals surface area contributed by atoms with Gasteiger partial charge in [0.15, 0.2) is 14.6 Å². The summed E-state index contributed by atoms with van der Waals surface area (Å²) in [7, 11) is -3.84. The van der Waals surface area contributed by atoms with Gasteiger partial charge in [0, 0.05) is 43.0 Å². The van der Waals surface area contributed by atoms with E-state index < -0.39 is 20.5 Å². The molecule has 2 N–H and O–H groups in total. The molecule has 174 valence electrons. The second-order valence-corrected chi connectivity index (χ2v) is 10.3. The van der Waals surface area contributed by atoms with Gasteiger partial charge < -0.3 is 9.30 Å². The highest BCUT2D eigenvalue weighted by atomic mass is 32.2. The summed E-state index contributed by atoms with van der Waals surface area (Å²) < 4.78 is 29.4. The van der Waals surface area contributed by atoms with Crippen LogP contribution in [0.1, 0.15) is 19.0 Å². The van der Waals surface area contributed by atoms with E-state index in [1.54, 1.807) is 36.7 Å². The highest BCUT2D eigenvalue weighted by Crippen LogP contribution is 2.26. The lowest BCUT2D eigenvalue weighted by Gasteiger charge is -2.25. The third-order valence-corrected chi connectivity index (χ3v) is 7.54. The van der Waals surface area contributed by atoms with Crippen LogP contribution in [0.2, 0.25) is 0 Å². The van der Waals surface area contributed by atoms with Gasteiger partial charge in [0.2, 0.25) is 0 Å². The Morgan fingerprint density at radius 1 is 1.12 bits per heavy atom. The SMILES string of the molecule is Cc1cc(Oc2ccc(-c3ccn(CC[C@](C)(C(=O)NO)S(C)(=O)=O)c(=O)c3)cc2)ccn1. The molecule has 3 rings (SSSR count). The molecule has 3 aromatic rings. The Balaban J connectivity index is 1.75. The minimum Gasteiger partial charge on any atom is -0.457 e. The first-order chi connectivity index (χ1) is 15.5. The number of nitrogens with one attached hydrogen (secondary N) is 1. The first-order valence-electron chi connectivity index (χ1n) is 10.1. The lowest BCUT2D eigenvalue weighted by Crippen LogP contribution is -2.49. The summed E-state index contributed by atoms with van der Waals surface area (Å²) in [5.74, 6) is 0.271. The number of amides is 1. The third kappa shape index (κ3) is 5.47. The molecule has 10 heteroatoms. The van der Waals surface area contributed by atoms with Crippen molar-refractivity contribution in [2.45, 2.75) is 31.6 Å². The number of ether oxygens (including phenoxy) is 1. The molecule has 1 amide bonds. The number of carbonyl (C=O) groups excluding carboxylic acids is 1. The van der Waals surface area contributed by atoms with Gasteiger partial charge in [0.25, 0.3) is 11.5 Å². The Labute approximate surface area is 191 Å². The maximum absolute atomic E-state index is 12.6. The largest absolute Gasteiger partial charge is 0.457 e. The highest BCUT2D eigenvalue weighted by Gasteiger charge is 2.43. The standard InChI is InChI=1S/C23H25N3O6S/c1-16-14-20(8-11-24-16)32-19-6-4-17(5-7-19)18-9-12-26(21(27)15-18)13-10-23(2,22(28)25-29)33(3,30)31/h4-9,11-12,14-15,29H,10,13H2,1-3H3,(H,25,28)/t23-/m1/s1. The van der Waals surface area contributed by atoms with Crippen molar-refractivity contribution < 1.29 is 23.2 Å². The molecule has 0 spiro atoms. The second kappa shape index (κ2) is 9.55. The van der Waals surface area contributed by atoms with Gasteiger partial charge in [-0.05, 0) is 55.7 Å². The first-order valence-corrected chi connectivity index (χ1v) is 12.0. The number of sulfone groups is 1. The van der Waals surface area contributed by atoms with Crippen molar-refractivity contribution >= 4 is 15.7 Å². The van der Waals surface area contributed by atoms with E-state index in [1.807, 2.05) is 25.1 Å². The van der Waals surface area contributed by atoms with Gasteiger partial charge in [-0.3, -0.25) is 19.8 Å². The van der Waals surface area contributed by atoms with Crippen LogP contribution < -0.4 is 15.8 Å². The molecule has 1 atom stereocenters. The number of hydrogen-bond donors (Lipinski definition) is 2. The molecule has 0 aliphatic rings. The Morgan fingerprint density at radius 2 is 1.82 bits per heavy atom. The van der Waals surface area contributed by atoms with Gasteiger partial charge in [-0.15, -0.1) is 0 Å². The average Bonchev–Trinajstić information content (AvgIpc) is 2.77. The fraction of sp³-hybridized carbons (Fsp3) is 0.261. The number of carbonyl (C=O) groups is 1. The predicted molar refractivity (Wildman–Crippen MR) is 123 cm³/mol. The van der Waals surface area contributed by atoms with Gasteiger partial charge in [-0.25, -0.2) is 13.9 Å². The van der Waals surface area contributed by atoms with E-state index in [2.05, 4.69) is 4.98 Å². The predicted octanol–water partition coefficient (Wildman–Crippen LogP) is 2.71. The van der Waals surface area contributed by atoms with Crippen LogP contribution in [0, 0.1) is 6.92 Å². The monoisotopic (exact) mass is 471 g/mol. The highest BCUT2D eigenvalue weighted by molar-refractivity contribution is 7.92. The molecule has 9 nitrogen and oxygen atoms in total. The maximum Gasteiger partial charge on any atom is 0.264 e. The maximum atomic E-state index is 12.6. The molecular weight excluding hydrogens is 446 g/mol. The van der Waals surface area contributed by atoms with Crippen molar-refractivity contribution in [1.82, 2.24) is 15.0 Å². The van der Waals surface area contributed by atoms with E-state index >= 15 is 0 Å². The summed E-state index contributed by atoms with van der Waals surface area (Å²) in [6.07, 6.45) is 3.94. The zero-order valence-electron chi connectivity index (χ0n) is 18.5. The number of pyridine rings is 2. The number of nitrogens with zero attached hydrogens (tertiary/aromatic N) is 2. The van der Waals surface area contributed by atoms with E-state index in [0.717, 1.165) is 17.5 Å². The quantitative estimate of drug-likeness (QED) is 0.382. The van der Waals surface area contributed by atoms with E-state index in [0.29, 0.717) is 17.1 Å². The second-order valence-electron chi connectivity index (χ2n) is 7.90. The van der Waals surface area contributed by atoms with Crippen LogP contribution in [-0.4, -0.2) is 40.1 Å². The lowest BCUT2D eigenvalue weighted by atomic mass is 10.1. The van der Waals surface area contributed by atoms with Crippen LogP contribution in [0.15, 0.2) is 65.7 Å². The fourth-order valence-electron chi connectivity index (χ4n) is 3.23. The van der Waals surface area contributed by atoms with Crippen LogP contribution in [0.4, 0.5) is 0 Å². The van der Waals surface area contributed by atoms with Crippen molar-refractivity contribution in [3.05, 3.63) is 77.0 Å². The number of hydroxylamine groups is 1. The van der Waals surface area contributed by atoms with Gasteiger partial charge in [0.05, 0.1) is 0 Å². The molecular formula is C23H25N3O6S. The van der Waals surface area contributed by atoms with Gasteiger partial charge >= 0.3 is 0 Å². The minimum absolute atomic E-state index is 0.0196. The van der Waals surface area contributed by atoms with Crippen molar-refractivity contribution in [1.29, 1.82) is 0 Å². The van der Waals surface area contributed by atoms with Gasteiger partial charge in [-0.1, -0.05) is 12.1 Å². The van der Waals surface area contributed by atoms with Crippen LogP contribution in [-0.2, 0) is 21.2 Å². The Hall–Kier alpha value is -3.50. The van der Waals surface area contributed by atoms with Gasteiger partial charge in [-0.2, -0.15) is 0 Å². The van der Waals surface area contributed by atoms with Crippen LogP contribution in [0.3, 0.4) is 0 Å². The van der Waals surface area contributed by atoms with Crippen molar-refractivity contribution in [3.8, 4) is 22.6 Å². The molecule has 0 bridgehead atoms. The number of aromatic nitrogens is 2. The van der Waals surface area contributed by atoms with E-state index in [9.17, 15) is 18.0 Å². The van der Waals surface area contributed by atoms with E-state index in [-0.39, 0.29) is 18.5 Å². The minimum atomic E-state index is -3.84. The number of aryl methyl sites for hydroxylation is 2. The fourth-order valence-corrected chi connectivity index (χ4v) is 4.07. The molecule has 0 fully saturated rings. The summed E-state index contributed by atoms with van der Waals surface area (Å²) in [6.45, 7) is 3.07. The number of benzene rings is 1.